The van der Waals surface area contributed by atoms with Crippen LogP contribution in [0.4, 0.5) is 15.9 Å². The number of rotatable bonds is 6. The van der Waals surface area contributed by atoms with Crippen LogP contribution in [-0.2, 0) is 4.74 Å². The summed E-state index contributed by atoms with van der Waals surface area (Å²) in [5.41, 5.74) is 0.964. The van der Waals surface area contributed by atoms with E-state index in [1.165, 1.54) is 18.5 Å². The summed E-state index contributed by atoms with van der Waals surface area (Å²) in [6.07, 6.45) is 1.24. The number of halogens is 1. The molecule has 0 aliphatic carbocycles. The van der Waals surface area contributed by atoms with Gasteiger partial charge >= 0.3 is 5.97 Å². The van der Waals surface area contributed by atoms with Crippen LogP contribution in [0.1, 0.15) is 30.6 Å². The maximum absolute atomic E-state index is 13.6. The number of hydrogen-bond acceptors (Lipinski definition) is 8. The number of hydrogen-bond donors (Lipinski definition) is 1. The SMILES string of the molecule is CCOC(=O)c1nc2c(Nc3ccc(F)cc3OC(C)C)ncnc2s1. The van der Waals surface area contributed by atoms with E-state index in [2.05, 4.69) is 20.3 Å². The molecular weight excluding hydrogens is 359 g/mol. The predicted molar refractivity (Wildman–Crippen MR) is 96.6 cm³/mol. The Morgan fingerprint density at radius 1 is 1.35 bits per heavy atom. The number of thiazole rings is 1. The fourth-order valence-corrected chi connectivity index (χ4v) is 3.01. The quantitative estimate of drug-likeness (QED) is 0.652. The molecule has 0 atom stereocenters. The highest BCUT2D eigenvalue weighted by Gasteiger charge is 2.18. The molecule has 3 aromatic rings. The van der Waals surface area contributed by atoms with Gasteiger partial charge in [0.1, 0.15) is 28.2 Å². The topological polar surface area (TPSA) is 86.2 Å². The van der Waals surface area contributed by atoms with Crippen LogP contribution in [-0.4, -0.2) is 33.6 Å². The molecule has 0 saturated heterocycles. The molecule has 0 unspecified atom stereocenters. The van der Waals surface area contributed by atoms with Gasteiger partial charge in [-0.15, -0.1) is 0 Å². The smallest absolute Gasteiger partial charge is 0.367 e. The Morgan fingerprint density at radius 3 is 2.88 bits per heavy atom. The van der Waals surface area contributed by atoms with E-state index < -0.39 is 11.8 Å². The first-order chi connectivity index (χ1) is 12.5. The number of benzene rings is 1. The standard InChI is InChI=1S/C17H17FN4O3S/c1-4-24-17(23)16-22-13-14(19-8-20-15(13)26-16)21-11-6-5-10(18)7-12(11)25-9(2)3/h5-9H,4H2,1-3H3,(H,19,20,21). The summed E-state index contributed by atoms with van der Waals surface area (Å²) >= 11 is 1.12. The third-order valence-corrected chi connectivity index (χ3v) is 4.15. The van der Waals surface area contributed by atoms with Crippen molar-refractivity contribution in [2.75, 3.05) is 11.9 Å². The van der Waals surface area contributed by atoms with Crippen LogP contribution in [0, 0.1) is 5.82 Å². The summed E-state index contributed by atoms with van der Waals surface area (Å²) in [6.45, 7) is 5.69. The Bertz CT molecular complexity index is 945. The highest BCUT2D eigenvalue weighted by molar-refractivity contribution is 7.19. The average Bonchev–Trinajstić information content (AvgIpc) is 3.02. The molecule has 0 bridgehead atoms. The van der Waals surface area contributed by atoms with E-state index in [1.807, 2.05) is 13.8 Å². The van der Waals surface area contributed by atoms with Gasteiger partial charge in [-0.1, -0.05) is 11.3 Å². The summed E-state index contributed by atoms with van der Waals surface area (Å²) in [7, 11) is 0. The Kier molecular flexibility index (Phi) is 5.27. The van der Waals surface area contributed by atoms with Crippen molar-refractivity contribution in [1.82, 2.24) is 15.0 Å². The number of ether oxygens (including phenoxy) is 2. The molecule has 7 nitrogen and oxygen atoms in total. The number of nitrogens with zero attached hydrogens (tertiary/aromatic N) is 3. The number of nitrogens with one attached hydrogen (secondary N) is 1. The summed E-state index contributed by atoms with van der Waals surface area (Å²) in [4.78, 5) is 25.0. The second-order valence-corrected chi connectivity index (χ2v) is 6.53. The molecule has 9 heteroatoms. The van der Waals surface area contributed by atoms with Crippen molar-refractivity contribution in [3.8, 4) is 5.75 Å². The first-order valence-corrected chi connectivity index (χ1v) is 8.81. The Labute approximate surface area is 153 Å². The van der Waals surface area contributed by atoms with Crippen LogP contribution in [0.5, 0.6) is 5.75 Å². The average molecular weight is 376 g/mol. The molecule has 26 heavy (non-hydrogen) atoms. The van der Waals surface area contributed by atoms with Crippen molar-refractivity contribution in [2.45, 2.75) is 26.9 Å². The van der Waals surface area contributed by atoms with Gasteiger partial charge in [0.05, 0.1) is 18.4 Å². The minimum atomic E-state index is -0.507. The molecule has 2 heterocycles. The third kappa shape index (κ3) is 3.88. The van der Waals surface area contributed by atoms with Gasteiger partial charge in [-0.3, -0.25) is 0 Å². The molecule has 0 saturated carbocycles. The highest BCUT2D eigenvalue weighted by Crippen LogP contribution is 2.32. The summed E-state index contributed by atoms with van der Waals surface area (Å²) < 4.78 is 24.2. The van der Waals surface area contributed by atoms with E-state index >= 15 is 0 Å². The van der Waals surface area contributed by atoms with Gasteiger partial charge in [-0.05, 0) is 32.9 Å². The largest absolute Gasteiger partial charge is 0.489 e. The zero-order valence-electron chi connectivity index (χ0n) is 14.4. The minimum Gasteiger partial charge on any atom is -0.489 e. The van der Waals surface area contributed by atoms with E-state index in [0.29, 0.717) is 27.6 Å². The monoisotopic (exact) mass is 376 g/mol. The van der Waals surface area contributed by atoms with Crippen LogP contribution in [0.3, 0.4) is 0 Å². The van der Waals surface area contributed by atoms with E-state index in [-0.39, 0.29) is 17.7 Å². The Morgan fingerprint density at radius 2 is 2.15 bits per heavy atom. The van der Waals surface area contributed by atoms with Gasteiger partial charge in [-0.25, -0.2) is 24.1 Å². The van der Waals surface area contributed by atoms with Crippen molar-refractivity contribution >= 4 is 39.2 Å². The number of carbonyl (C=O) groups excluding carboxylic acids is 1. The lowest BCUT2D eigenvalue weighted by Gasteiger charge is -2.15. The number of aromatic nitrogens is 3. The zero-order chi connectivity index (χ0) is 18.7. The molecule has 1 N–H and O–H groups in total. The zero-order valence-corrected chi connectivity index (χ0v) is 15.3. The normalized spacial score (nSPS) is 11.0. The Hall–Kier alpha value is -2.81. The molecule has 0 fully saturated rings. The van der Waals surface area contributed by atoms with Crippen LogP contribution in [0.2, 0.25) is 0 Å². The fraction of sp³-hybridized carbons (Fsp3) is 0.294. The van der Waals surface area contributed by atoms with Crippen molar-refractivity contribution in [3.63, 3.8) is 0 Å². The summed E-state index contributed by atoms with van der Waals surface area (Å²) in [5.74, 6) is -0.168. The van der Waals surface area contributed by atoms with E-state index in [4.69, 9.17) is 9.47 Å². The number of fused-ring (bicyclic) bond motifs is 1. The summed E-state index contributed by atoms with van der Waals surface area (Å²) in [5, 5.41) is 3.28. The molecule has 0 aliphatic heterocycles. The van der Waals surface area contributed by atoms with Crippen LogP contribution < -0.4 is 10.1 Å². The lowest BCUT2D eigenvalue weighted by atomic mass is 10.2. The third-order valence-electron chi connectivity index (χ3n) is 3.20. The predicted octanol–water partition coefficient (Wildman–Crippen LogP) is 3.93. The molecule has 2 aromatic heterocycles. The maximum atomic E-state index is 13.6. The first kappa shape index (κ1) is 18.0. The van der Waals surface area contributed by atoms with Crippen LogP contribution in [0.15, 0.2) is 24.5 Å². The van der Waals surface area contributed by atoms with Gasteiger partial charge in [0.25, 0.3) is 0 Å². The van der Waals surface area contributed by atoms with Crippen LogP contribution in [0.25, 0.3) is 10.3 Å². The van der Waals surface area contributed by atoms with Gasteiger partial charge in [-0.2, -0.15) is 0 Å². The highest BCUT2D eigenvalue weighted by atomic mass is 32.1. The van der Waals surface area contributed by atoms with Crippen molar-refractivity contribution < 1.29 is 18.7 Å². The molecule has 0 spiro atoms. The molecule has 0 aliphatic rings. The van der Waals surface area contributed by atoms with Crippen molar-refractivity contribution in [1.29, 1.82) is 0 Å². The number of anilines is 2. The van der Waals surface area contributed by atoms with E-state index in [9.17, 15) is 9.18 Å². The second-order valence-electron chi connectivity index (χ2n) is 5.55. The molecule has 0 radical (unpaired) electrons. The molecule has 1 aromatic carbocycles. The van der Waals surface area contributed by atoms with Gasteiger partial charge in [0.15, 0.2) is 5.82 Å². The van der Waals surface area contributed by atoms with Crippen LogP contribution >= 0.6 is 11.3 Å². The van der Waals surface area contributed by atoms with E-state index in [0.717, 1.165) is 11.3 Å². The fourth-order valence-electron chi connectivity index (χ4n) is 2.20. The first-order valence-electron chi connectivity index (χ1n) is 7.99. The maximum Gasteiger partial charge on any atom is 0.367 e. The summed E-state index contributed by atoms with van der Waals surface area (Å²) in [6, 6.07) is 4.17. The van der Waals surface area contributed by atoms with Gasteiger partial charge in [0, 0.05) is 6.07 Å². The number of esters is 1. The van der Waals surface area contributed by atoms with Crippen molar-refractivity contribution in [3.05, 3.63) is 35.4 Å². The minimum absolute atomic E-state index is 0.127. The van der Waals surface area contributed by atoms with Gasteiger partial charge in [0.2, 0.25) is 5.01 Å². The van der Waals surface area contributed by atoms with Gasteiger partial charge < -0.3 is 14.8 Å². The molecule has 0 amide bonds. The van der Waals surface area contributed by atoms with Crippen molar-refractivity contribution in [2.24, 2.45) is 0 Å². The Balaban J connectivity index is 1.98. The molecule has 136 valence electrons. The molecule has 3 rings (SSSR count). The van der Waals surface area contributed by atoms with E-state index in [1.54, 1.807) is 13.0 Å². The second kappa shape index (κ2) is 7.61. The lowest BCUT2D eigenvalue weighted by molar-refractivity contribution is 0.0526. The molecular formula is C17H17FN4O3S. The lowest BCUT2D eigenvalue weighted by Crippen LogP contribution is -2.08. The number of carbonyl (C=O) groups is 1.